The van der Waals surface area contributed by atoms with Crippen molar-refractivity contribution in [3.63, 3.8) is 0 Å². The summed E-state index contributed by atoms with van der Waals surface area (Å²) in [5.41, 5.74) is 1.20. The van der Waals surface area contributed by atoms with Crippen molar-refractivity contribution in [3.8, 4) is 0 Å². The van der Waals surface area contributed by atoms with E-state index in [9.17, 15) is 4.79 Å². The zero-order valence-corrected chi connectivity index (χ0v) is 19.5. The van der Waals surface area contributed by atoms with Gasteiger partial charge in [0.25, 0.3) is 0 Å². The van der Waals surface area contributed by atoms with Gasteiger partial charge < -0.3 is 15.1 Å². The summed E-state index contributed by atoms with van der Waals surface area (Å²) in [6.07, 6.45) is 5.70. The van der Waals surface area contributed by atoms with E-state index in [2.05, 4.69) is 56.0 Å². The van der Waals surface area contributed by atoms with Gasteiger partial charge in [0.05, 0.1) is 5.75 Å². The number of carbonyl (C=O) groups is 1. The van der Waals surface area contributed by atoms with Crippen LogP contribution in [0.5, 0.6) is 0 Å². The highest BCUT2D eigenvalue weighted by Gasteiger charge is 2.32. The summed E-state index contributed by atoms with van der Waals surface area (Å²) < 4.78 is 2.28. The Bertz CT molecular complexity index is 845. The fraction of sp³-hybridized carbons (Fsp3) is 0.609. The summed E-state index contributed by atoms with van der Waals surface area (Å²) in [6.45, 7) is 6.01. The summed E-state index contributed by atoms with van der Waals surface area (Å²) in [5.74, 6) is 2.24. The fourth-order valence-electron chi connectivity index (χ4n) is 3.98. The number of thioether (sulfide) groups is 1. The molecule has 0 radical (unpaired) electrons. The van der Waals surface area contributed by atoms with E-state index in [0.29, 0.717) is 18.3 Å². The van der Waals surface area contributed by atoms with Gasteiger partial charge in [-0.2, -0.15) is 0 Å². The van der Waals surface area contributed by atoms with E-state index in [0.717, 1.165) is 43.1 Å². The molecule has 2 fully saturated rings. The zero-order valence-electron chi connectivity index (χ0n) is 18.7. The van der Waals surface area contributed by atoms with Gasteiger partial charge in [0.1, 0.15) is 0 Å². The van der Waals surface area contributed by atoms with E-state index in [-0.39, 0.29) is 5.91 Å². The first-order chi connectivity index (χ1) is 15.1. The number of rotatable bonds is 10. The third-order valence-electron chi connectivity index (χ3n) is 6.15. The second-order valence-corrected chi connectivity index (χ2v) is 9.75. The molecule has 168 valence electrons. The van der Waals surface area contributed by atoms with Crippen LogP contribution in [0.25, 0.3) is 0 Å². The van der Waals surface area contributed by atoms with Gasteiger partial charge in [-0.05, 0) is 50.2 Å². The summed E-state index contributed by atoms with van der Waals surface area (Å²) in [4.78, 5) is 16.9. The number of anilines is 2. The molecule has 0 spiro atoms. The Morgan fingerprint density at radius 3 is 2.61 bits per heavy atom. The van der Waals surface area contributed by atoms with Gasteiger partial charge >= 0.3 is 0 Å². The molecule has 1 amide bonds. The Hall–Kier alpha value is -2.22. The van der Waals surface area contributed by atoms with E-state index in [1.807, 2.05) is 18.2 Å². The molecule has 0 atom stereocenters. The van der Waals surface area contributed by atoms with Gasteiger partial charge in [-0.25, -0.2) is 0 Å². The highest BCUT2D eigenvalue weighted by atomic mass is 32.2. The highest BCUT2D eigenvalue weighted by Crippen LogP contribution is 2.41. The molecule has 0 bridgehead atoms. The van der Waals surface area contributed by atoms with Crippen molar-refractivity contribution in [2.75, 3.05) is 48.8 Å². The summed E-state index contributed by atoms with van der Waals surface area (Å²) in [5, 5.41) is 12.9. The first kappa shape index (κ1) is 22.0. The first-order valence-electron chi connectivity index (χ1n) is 11.5. The Balaban J connectivity index is 1.22. The van der Waals surface area contributed by atoms with E-state index < -0.39 is 0 Å². The average molecular weight is 443 g/mol. The average Bonchev–Trinajstić information content (AvgIpc) is 3.55. The smallest absolute Gasteiger partial charge is 0.230 e. The number of nitrogens with zero attached hydrogens (tertiary/aromatic N) is 5. The van der Waals surface area contributed by atoms with Crippen molar-refractivity contribution < 1.29 is 4.79 Å². The SMILES string of the molecule is CC1CCN(c2nnc(SCC(=O)NCCCN(C)c3ccccc3)n2C2CC2)CC1. The van der Waals surface area contributed by atoms with Gasteiger partial charge in [0.2, 0.25) is 11.9 Å². The minimum atomic E-state index is 0.0612. The lowest BCUT2D eigenvalue weighted by Crippen LogP contribution is -2.34. The molecule has 7 nitrogen and oxygen atoms in total. The largest absolute Gasteiger partial charge is 0.375 e. The van der Waals surface area contributed by atoms with Crippen molar-refractivity contribution in [1.29, 1.82) is 0 Å². The van der Waals surface area contributed by atoms with Gasteiger partial charge in [0.15, 0.2) is 5.16 Å². The topological polar surface area (TPSA) is 66.3 Å². The molecule has 1 aliphatic heterocycles. The quantitative estimate of drug-likeness (QED) is 0.448. The third kappa shape index (κ3) is 5.93. The molecule has 1 saturated heterocycles. The maximum Gasteiger partial charge on any atom is 0.230 e. The Kier molecular flexibility index (Phi) is 7.37. The molecule has 2 aliphatic rings. The molecule has 1 saturated carbocycles. The van der Waals surface area contributed by atoms with Crippen LogP contribution in [0, 0.1) is 5.92 Å². The van der Waals surface area contributed by atoms with Crippen LogP contribution in [0.2, 0.25) is 0 Å². The number of hydrogen-bond acceptors (Lipinski definition) is 6. The van der Waals surface area contributed by atoms with Gasteiger partial charge in [-0.3, -0.25) is 9.36 Å². The Morgan fingerprint density at radius 1 is 1.16 bits per heavy atom. The van der Waals surface area contributed by atoms with Crippen molar-refractivity contribution >= 4 is 29.3 Å². The highest BCUT2D eigenvalue weighted by molar-refractivity contribution is 7.99. The number of amides is 1. The summed E-state index contributed by atoms with van der Waals surface area (Å²) in [7, 11) is 2.08. The van der Waals surface area contributed by atoms with Crippen molar-refractivity contribution in [1.82, 2.24) is 20.1 Å². The fourth-order valence-corrected chi connectivity index (χ4v) is 4.81. The van der Waals surface area contributed by atoms with E-state index >= 15 is 0 Å². The number of aromatic nitrogens is 3. The summed E-state index contributed by atoms with van der Waals surface area (Å²) >= 11 is 1.51. The van der Waals surface area contributed by atoms with Crippen LogP contribution in [-0.4, -0.2) is 59.7 Å². The van der Waals surface area contributed by atoms with Crippen LogP contribution in [0.1, 0.15) is 45.1 Å². The van der Waals surface area contributed by atoms with Crippen molar-refractivity contribution in [2.45, 2.75) is 50.2 Å². The molecule has 2 heterocycles. The predicted molar refractivity (Wildman–Crippen MR) is 127 cm³/mol. The number of piperidine rings is 1. The van der Waals surface area contributed by atoms with Gasteiger partial charge in [-0.15, -0.1) is 10.2 Å². The third-order valence-corrected chi connectivity index (χ3v) is 7.09. The van der Waals surface area contributed by atoms with E-state index in [1.54, 1.807) is 0 Å². The monoisotopic (exact) mass is 442 g/mol. The second kappa shape index (κ2) is 10.4. The van der Waals surface area contributed by atoms with Crippen LogP contribution in [0.4, 0.5) is 11.6 Å². The minimum Gasteiger partial charge on any atom is -0.375 e. The number of nitrogens with one attached hydrogen (secondary N) is 1. The predicted octanol–water partition coefficient (Wildman–Crippen LogP) is 3.58. The molecule has 2 aromatic rings. The van der Waals surface area contributed by atoms with Crippen LogP contribution in [0.3, 0.4) is 0 Å². The maximum absolute atomic E-state index is 12.4. The molecule has 31 heavy (non-hydrogen) atoms. The lowest BCUT2D eigenvalue weighted by molar-refractivity contribution is -0.118. The number of para-hydroxylation sites is 1. The molecular weight excluding hydrogens is 408 g/mol. The molecule has 1 N–H and O–H groups in total. The Labute approximate surface area is 189 Å². The second-order valence-electron chi connectivity index (χ2n) is 8.80. The normalized spacial score (nSPS) is 17.0. The lowest BCUT2D eigenvalue weighted by atomic mass is 10.00. The molecule has 1 aromatic heterocycles. The molecule has 1 aromatic carbocycles. The number of benzene rings is 1. The van der Waals surface area contributed by atoms with Crippen LogP contribution in [-0.2, 0) is 4.79 Å². The van der Waals surface area contributed by atoms with Gasteiger partial charge in [-0.1, -0.05) is 36.9 Å². The summed E-state index contributed by atoms with van der Waals surface area (Å²) in [6, 6.07) is 10.8. The maximum atomic E-state index is 12.4. The van der Waals surface area contributed by atoms with E-state index in [1.165, 1.54) is 43.1 Å². The molecule has 4 rings (SSSR count). The molecule has 1 aliphatic carbocycles. The van der Waals surface area contributed by atoms with Crippen molar-refractivity contribution in [3.05, 3.63) is 30.3 Å². The number of hydrogen-bond donors (Lipinski definition) is 1. The number of carbonyl (C=O) groups excluding carboxylic acids is 1. The lowest BCUT2D eigenvalue weighted by Gasteiger charge is -2.31. The molecule has 8 heteroatoms. The van der Waals surface area contributed by atoms with Crippen LogP contribution < -0.4 is 15.1 Å². The van der Waals surface area contributed by atoms with E-state index in [4.69, 9.17) is 0 Å². The molecular formula is C23H34N6OS. The first-order valence-corrected chi connectivity index (χ1v) is 12.5. The minimum absolute atomic E-state index is 0.0612. The van der Waals surface area contributed by atoms with Crippen molar-refractivity contribution in [2.24, 2.45) is 5.92 Å². The van der Waals surface area contributed by atoms with Crippen LogP contribution in [0.15, 0.2) is 35.5 Å². The zero-order chi connectivity index (χ0) is 21.6. The molecule has 0 unspecified atom stereocenters. The Morgan fingerprint density at radius 2 is 1.90 bits per heavy atom. The standard InChI is InChI=1S/C23H34N6OS/c1-18-11-15-28(16-12-18)22-25-26-23(29(22)20-9-10-20)31-17-21(30)24-13-6-14-27(2)19-7-4-3-5-8-19/h3-5,7-8,18,20H,6,9-17H2,1-2H3,(H,24,30). The van der Waals surface area contributed by atoms with Crippen LogP contribution >= 0.6 is 11.8 Å². The van der Waals surface area contributed by atoms with Gasteiger partial charge in [0, 0.05) is 45.0 Å².